The molecule has 1 atom stereocenters. The van der Waals surface area contributed by atoms with Crippen LogP contribution < -0.4 is 4.74 Å². The van der Waals surface area contributed by atoms with Gasteiger partial charge in [0, 0.05) is 23.8 Å². The maximum atomic E-state index is 12.2. The fourth-order valence-corrected chi connectivity index (χ4v) is 2.73. The van der Waals surface area contributed by atoms with Crippen molar-refractivity contribution in [1.82, 2.24) is 0 Å². The predicted molar refractivity (Wildman–Crippen MR) is 72.2 cm³/mol. The third-order valence-electron chi connectivity index (χ3n) is 3.46. The summed E-state index contributed by atoms with van der Waals surface area (Å²) in [5.74, 6) is -1.79. The van der Waals surface area contributed by atoms with E-state index in [2.05, 4.69) is 0 Å². The van der Waals surface area contributed by atoms with E-state index in [1.54, 1.807) is 6.92 Å². The van der Waals surface area contributed by atoms with Crippen LogP contribution in [-0.4, -0.2) is 26.9 Å². The van der Waals surface area contributed by atoms with Crippen LogP contribution in [0.2, 0.25) is 0 Å². The number of ether oxygens (including phenoxy) is 1. The Labute approximate surface area is 115 Å². The van der Waals surface area contributed by atoms with Crippen LogP contribution in [0.3, 0.4) is 0 Å². The van der Waals surface area contributed by atoms with Gasteiger partial charge >= 0.3 is 0 Å². The summed E-state index contributed by atoms with van der Waals surface area (Å²) in [6, 6.07) is 4.26. The van der Waals surface area contributed by atoms with E-state index in [0.717, 1.165) is 0 Å². The van der Waals surface area contributed by atoms with Crippen LogP contribution in [0.1, 0.15) is 29.3 Å². The number of carbonyl (C=O) groups is 1. The standard InChI is InChI=1S/C15H14O5/c1-7-3-8(16)4-9-13(7)10(17)5-12-14(9)11(18)6-15(2,19)20-12/h3-5,16-17,19H,6H2,1-2H3/t15-/m1/s1. The van der Waals surface area contributed by atoms with Crippen LogP contribution in [0.4, 0.5) is 0 Å². The van der Waals surface area contributed by atoms with Crippen molar-refractivity contribution in [1.29, 1.82) is 0 Å². The fourth-order valence-electron chi connectivity index (χ4n) is 2.73. The Balaban J connectivity index is 2.42. The molecule has 2 aromatic rings. The summed E-state index contributed by atoms with van der Waals surface area (Å²) in [5.41, 5.74) is 0.939. The van der Waals surface area contributed by atoms with Gasteiger partial charge in [0.15, 0.2) is 5.78 Å². The van der Waals surface area contributed by atoms with Gasteiger partial charge in [0.25, 0.3) is 0 Å². The number of Topliss-reactive ketones (excluding diaryl/α,β-unsaturated/α-hetero) is 1. The van der Waals surface area contributed by atoms with Crippen molar-refractivity contribution in [3.63, 3.8) is 0 Å². The largest absolute Gasteiger partial charge is 0.508 e. The predicted octanol–water partition coefficient (Wildman–Crippen LogP) is 2.23. The molecule has 20 heavy (non-hydrogen) atoms. The van der Waals surface area contributed by atoms with Gasteiger partial charge in [-0.3, -0.25) is 4.79 Å². The van der Waals surface area contributed by atoms with Gasteiger partial charge in [-0.05, 0) is 24.6 Å². The molecule has 1 heterocycles. The van der Waals surface area contributed by atoms with E-state index in [4.69, 9.17) is 4.74 Å². The molecular formula is C15H14O5. The number of rotatable bonds is 0. The quantitative estimate of drug-likeness (QED) is 0.685. The monoisotopic (exact) mass is 274 g/mol. The molecule has 5 heteroatoms. The maximum Gasteiger partial charge on any atom is 0.212 e. The average molecular weight is 274 g/mol. The van der Waals surface area contributed by atoms with E-state index in [0.29, 0.717) is 16.3 Å². The molecule has 0 saturated heterocycles. The van der Waals surface area contributed by atoms with Crippen molar-refractivity contribution >= 4 is 16.6 Å². The van der Waals surface area contributed by atoms with Crippen LogP contribution in [0.25, 0.3) is 10.8 Å². The van der Waals surface area contributed by atoms with Crippen LogP contribution >= 0.6 is 0 Å². The first-order valence-electron chi connectivity index (χ1n) is 6.22. The molecule has 0 fully saturated rings. The number of hydrogen-bond donors (Lipinski definition) is 3. The average Bonchev–Trinajstić information content (AvgIpc) is 2.24. The first kappa shape index (κ1) is 12.7. The molecule has 0 unspecified atom stereocenters. The molecule has 0 aliphatic carbocycles. The Morgan fingerprint density at radius 1 is 1.25 bits per heavy atom. The van der Waals surface area contributed by atoms with Crippen molar-refractivity contribution in [2.24, 2.45) is 0 Å². The van der Waals surface area contributed by atoms with Gasteiger partial charge in [-0.1, -0.05) is 0 Å². The topological polar surface area (TPSA) is 87.0 Å². The Hall–Kier alpha value is -2.27. The smallest absolute Gasteiger partial charge is 0.212 e. The van der Waals surface area contributed by atoms with Crippen molar-refractivity contribution in [3.05, 3.63) is 29.3 Å². The Morgan fingerprint density at radius 3 is 2.65 bits per heavy atom. The van der Waals surface area contributed by atoms with Crippen molar-refractivity contribution in [3.8, 4) is 17.2 Å². The van der Waals surface area contributed by atoms with E-state index in [9.17, 15) is 20.1 Å². The van der Waals surface area contributed by atoms with Gasteiger partial charge in [0.05, 0.1) is 12.0 Å². The first-order chi connectivity index (χ1) is 9.28. The highest BCUT2D eigenvalue weighted by Gasteiger charge is 2.36. The zero-order valence-corrected chi connectivity index (χ0v) is 11.1. The maximum absolute atomic E-state index is 12.2. The lowest BCUT2D eigenvalue weighted by Crippen LogP contribution is -2.38. The van der Waals surface area contributed by atoms with Crippen LogP contribution in [-0.2, 0) is 0 Å². The SMILES string of the molecule is Cc1cc(O)cc2c3c(cc(O)c12)O[C@@](C)(O)CC3=O. The molecule has 0 aromatic heterocycles. The minimum atomic E-state index is -1.59. The van der Waals surface area contributed by atoms with E-state index in [1.165, 1.54) is 25.1 Å². The summed E-state index contributed by atoms with van der Waals surface area (Å²) in [4.78, 5) is 12.2. The highest BCUT2D eigenvalue weighted by Crippen LogP contribution is 2.43. The molecule has 5 nitrogen and oxygen atoms in total. The molecule has 3 rings (SSSR count). The molecule has 1 aliphatic rings. The number of aryl methyl sites for hydroxylation is 1. The van der Waals surface area contributed by atoms with Gasteiger partial charge in [0.2, 0.25) is 5.79 Å². The third kappa shape index (κ3) is 1.78. The lowest BCUT2D eigenvalue weighted by Gasteiger charge is -2.31. The summed E-state index contributed by atoms with van der Waals surface area (Å²) in [5, 5.41) is 30.6. The van der Waals surface area contributed by atoms with Crippen LogP contribution in [0.5, 0.6) is 17.2 Å². The second kappa shape index (κ2) is 3.86. The highest BCUT2D eigenvalue weighted by molar-refractivity contribution is 6.13. The number of carbonyl (C=O) groups excluding carboxylic acids is 1. The van der Waals surface area contributed by atoms with E-state index in [-0.39, 0.29) is 35.0 Å². The summed E-state index contributed by atoms with van der Waals surface area (Å²) in [6.07, 6.45) is -0.172. The van der Waals surface area contributed by atoms with Gasteiger partial charge in [-0.2, -0.15) is 0 Å². The number of benzene rings is 2. The molecule has 0 bridgehead atoms. The number of phenols is 2. The highest BCUT2D eigenvalue weighted by atomic mass is 16.6. The Kier molecular flexibility index (Phi) is 2.46. The minimum absolute atomic E-state index is 0.00735. The van der Waals surface area contributed by atoms with Crippen LogP contribution in [0, 0.1) is 6.92 Å². The summed E-state index contributed by atoms with van der Waals surface area (Å²) >= 11 is 0. The summed E-state index contributed by atoms with van der Waals surface area (Å²) in [7, 11) is 0. The molecule has 0 saturated carbocycles. The number of aliphatic hydroxyl groups is 1. The lowest BCUT2D eigenvalue weighted by atomic mass is 9.91. The van der Waals surface area contributed by atoms with Crippen molar-refractivity contribution in [2.75, 3.05) is 0 Å². The Morgan fingerprint density at radius 2 is 1.95 bits per heavy atom. The molecular weight excluding hydrogens is 260 g/mol. The molecule has 3 N–H and O–H groups in total. The van der Waals surface area contributed by atoms with Crippen molar-refractivity contribution < 1.29 is 24.9 Å². The second-order valence-electron chi connectivity index (χ2n) is 5.33. The molecule has 0 spiro atoms. The summed E-state index contributed by atoms with van der Waals surface area (Å²) in [6.45, 7) is 3.13. The van der Waals surface area contributed by atoms with Crippen LogP contribution in [0.15, 0.2) is 18.2 Å². The molecule has 104 valence electrons. The number of fused-ring (bicyclic) bond motifs is 3. The van der Waals surface area contributed by atoms with E-state index < -0.39 is 5.79 Å². The molecule has 1 aliphatic heterocycles. The van der Waals surface area contributed by atoms with Gasteiger partial charge < -0.3 is 20.1 Å². The number of hydrogen-bond acceptors (Lipinski definition) is 5. The first-order valence-corrected chi connectivity index (χ1v) is 6.22. The van der Waals surface area contributed by atoms with E-state index >= 15 is 0 Å². The third-order valence-corrected chi connectivity index (χ3v) is 3.46. The second-order valence-corrected chi connectivity index (χ2v) is 5.33. The number of ketones is 1. The van der Waals surface area contributed by atoms with E-state index in [1.807, 2.05) is 0 Å². The zero-order chi connectivity index (χ0) is 14.7. The Bertz CT molecular complexity index is 746. The lowest BCUT2D eigenvalue weighted by molar-refractivity contribution is -0.123. The minimum Gasteiger partial charge on any atom is -0.508 e. The van der Waals surface area contributed by atoms with Gasteiger partial charge in [-0.25, -0.2) is 0 Å². The number of aromatic hydroxyl groups is 2. The fraction of sp³-hybridized carbons (Fsp3) is 0.267. The number of phenolic OH excluding ortho intramolecular Hbond substituents is 2. The van der Waals surface area contributed by atoms with Gasteiger partial charge in [-0.15, -0.1) is 0 Å². The molecule has 0 amide bonds. The van der Waals surface area contributed by atoms with Gasteiger partial charge in [0.1, 0.15) is 17.2 Å². The molecule has 0 radical (unpaired) electrons. The van der Waals surface area contributed by atoms with Crippen molar-refractivity contribution in [2.45, 2.75) is 26.1 Å². The normalized spacial score (nSPS) is 21.6. The molecule has 2 aromatic carbocycles. The zero-order valence-electron chi connectivity index (χ0n) is 11.1. The summed E-state index contributed by atoms with van der Waals surface area (Å²) < 4.78 is 5.35.